The van der Waals surface area contributed by atoms with Crippen LogP contribution in [0.3, 0.4) is 0 Å². The summed E-state index contributed by atoms with van der Waals surface area (Å²) in [6.07, 6.45) is 3.60. The molecule has 160 valence electrons. The molecule has 0 saturated heterocycles. The van der Waals surface area contributed by atoms with E-state index < -0.39 is 0 Å². The second-order valence-electron chi connectivity index (χ2n) is 7.10. The molecule has 0 saturated carbocycles. The van der Waals surface area contributed by atoms with Crippen LogP contribution in [0.1, 0.15) is 11.3 Å². The Morgan fingerprint density at radius 3 is 2.81 bits per heavy atom. The first-order valence-corrected chi connectivity index (χ1v) is 10.0. The summed E-state index contributed by atoms with van der Waals surface area (Å²) >= 11 is 0. The molecule has 0 unspecified atom stereocenters. The van der Waals surface area contributed by atoms with Gasteiger partial charge in [-0.15, -0.1) is 0 Å². The van der Waals surface area contributed by atoms with Gasteiger partial charge in [-0.3, -0.25) is 9.98 Å². The minimum atomic E-state index is -0.377. The summed E-state index contributed by atoms with van der Waals surface area (Å²) in [5, 5.41) is 1.81. The highest BCUT2D eigenvalue weighted by Crippen LogP contribution is 2.27. The van der Waals surface area contributed by atoms with Crippen LogP contribution in [0.25, 0.3) is 6.20 Å². The topological polar surface area (TPSA) is 56.2 Å². The largest absolute Gasteiger partial charge is 0.489 e. The number of hydrogen-bond acceptors (Lipinski definition) is 6. The second-order valence-corrected chi connectivity index (χ2v) is 7.10. The van der Waals surface area contributed by atoms with Gasteiger partial charge in [0.05, 0.1) is 6.61 Å². The minimum absolute atomic E-state index is 0.0638. The number of fused-ring (bicyclic) bond motifs is 1. The van der Waals surface area contributed by atoms with Crippen LogP contribution in [0.4, 0.5) is 10.1 Å². The number of benzene rings is 2. The van der Waals surface area contributed by atoms with E-state index in [1.165, 1.54) is 6.07 Å². The van der Waals surface area contributed by atoms with Gasteiger partial charge in [0.2, 0.25) is 0 Å². The normalized spacial score (nSPS) is 12.5. The van der Waals surface area contributed by atoms with E-state index in [1.807, 2.05) is 43.3 Å². The van der Waals surface area contributed by atoms with Crippen LogP contribution in [-0.4, -0.2) is 32.0 Å². The van der Waals surface area contributed by atoms with Gasteiger partial charge in [0.15, 0.2) is 0 Å². The van der Waals surface area contributed by atoms with Gasteiger partial charge in [-0.25, -0.2) is 4.39 Å². The Balaban J connectivity index is 1.56. The lowest BCUT2D eigenvalue weighted by atomic mass is 10.1. The van der Waals surface area contributed by atoms with E-state index >= 15 is 0 Å². The third kappa shape index (κ3) is 4.83. The highest BCUT2D eigenvalue weighted by atomic mass is 19.1. The maximum atomic E-state index is 13.8. The molecule has 0 radical (unpaired) electrons. The van der Waals surface area contributed by atoms with Gasteiger partial charge in [0.25, 0.3) is 0 Å². The average Bonchev–Trinajstić information content (AvgIpc) is 2.79. The summed E-state index contributed by atoms with van der Waals surface area (Å²) in [5.74, 6) is 1.01. The van der Waals surface area contributed by atoms with Gasteiger partial charge in [-0.1, -0.05) is 18.2 Å². The Labute approximate surface area is 180 Å². The molecule has 3 aromatic rings. The molecule has 0 aliphatic carbocycles. The molecule has 6 nitrogen and oxygen atoms in total. The number of pyridine rings is 1. The number of halogens is 1. The lowest BCUT2D eigenvalue weighted by Crippen LogP contribution is -2.37. The molecule has 1 aliphatic heterocycles. The standard InChI is InChI=1S/C24H24FN3O3/c1-17-8-9-19(31-15-21-20(25)6-4-10-26-21)13-22(17)28-14-18-5-3-7-23(24(18)27-16-28)30-12-11-29-2/h3-10,13-14H,11-12,15-16H2,1-2H3. The zero-order chi connectivity index (χ0) is 21.6. The molecule has 0 fully saturated rings. The van der Waals surface area contributed by atoms with E-state index in [9.17, 15) is 4.39 Å². The molecule has 31 heavy (non-hydrogen) atoms. The van der Waals surface area contributed by atoms with Crippen molar-refractivity contribution in [2.45, 2.75) is 13.5 Å². The van der Waals surface area contributed by atoms with Crippen molar-refractivity contribution in [1.29, 1.82) is 0 Å². The van der Waals surface area contributed by atoms with Gasteiger partial charge in [0.1, 0.15) is 48.2 Å². The van der Waals surface area contributed by atoms with Gasteiger partial charge in [-0.2, -0.15) is 0 Å². The number of para-hydroxylation sites is 1. The lowest BCUT2D eigenvalue weighted by Gasteiger charge is -2.24. The Kier molecular flexibility index (Phi) is 6.43. The molecule has 7 heteroatoms. The molecule has 2 aromatic carbocycles. The van der Waals surface area contributed by atoms with Crippen molar-refractivity contribution >= 4 is 11.9 Å². The van der Waals surface area contributed by atoms with E-state index in [0.29, 0.717) is 25.6 Å². The zero-order valence-electron chi connectivity index (χ0n) is 17.5. The molecule has 0 N–H and O–H groups in total. The van der Waals surface area contributed by atoms with Crippen LogP contribution in [0.2, 0.25) is 0 Å². The summed E-state index contributed by atoms with van der Waals surface area (Å²) in [6, 6.07) is 14.6. The van der Waals surface area contributed by atoms with Crippen LogP contribution in [0.15, 0.2) is 59.7 Å². The number of aryl methyl sites for hydroxylation is 1. The number of nitrogens with zero attached hydrogens (tertiary/aromatic N) is 3. The van der Waals surface area contributed by atoms with Crippen LogP contribution in [0.5, 0.6) is 11.5 Å². The monoisotopic (exact) mass is 421 g/mol. The van der Waals surface area contributed by atoms with Crippen LogP contribution in [-0.2, 0) is 11.3 Å². The Morgan fingerprint density at radius 2 is 1.97 bits per heavy atom. The average molecular weight is 421 g/mol. The van der Waals surface area contributed by atoms with Crippen molar-refractivity contribution in [2.75, 3.05) is 31.9 Å². The van der Waals surface area contributed by atoms with Crippen LogP contribution < -0.4 is 24.9 Å². The molecular formula is C24H24FN3O3. The number of anilines is 1. The van der Waals surface area contributed by atoms with Crippen molar-refractivity contribution < 1.29 is 18.6 Å². The first kappa shape index (κ1) is 20.8. The fourth-order valence-corrected chi connectivity index (χ4v) is 3.33. The van der Waals surface area contributed by atoms with Crippen molar-refractivity contribution in [3.05, 3.63) is 82.4 Å². The summed E-state index contributed by atoms with van der Waals surface area (Å²) in [5.41, 5.74) is 2.33. The number of hydrogen-bond donors (Lipinski definition) is 0. The van der Waals surface area contributed by atoms with Crippen molar-refractivity contribution in [2.24, 2.45) is 4.99 Å². The summed E-state index contributed by atoms with van der Waals surface area (Å²) in [6.45, 7) is 3.55. The minimum Gasteiger partial charge on any atom is -0.489 e. The lowest BCUT2D eigenvalue weighted by molar-refractivity contribution is 0.145. The predicted molar refractivity (Wildman–Crippen MR) is 116 cm³/mol. The maximum absolute atomic E-state index is 13.8. The van der Waals surface area contributed by atoms with Crippen LogP contribution >= 0.6 is 0 Å². The molecule has 0 bridgehead atoms. The summed E-state index contributed by atoms with van der Waals surface area (Å²) in [4.78, 5) is 10.8. The van der Waals surface area contributed by atoms with E-state index in [-0.39, 0.29) is 18.1 Å². The van der Waals surface area contributed by atoms with Crippen LogP contribution in [0, 0.1) is 12.7 Å². The van der Waals surface area contributed by atoms with Crippen molar-refractivity contribution in [3.8, 4) is 11.5 Å². The van der Waals surface area contributed by atoms with Crippen molar-refractivity contribution in [3.63, 3.8) is 0 Å². The zero-order valence-corrected chi connectivity index (χ0v) is 17.5. The van der Waals surface area contributed by atoms with Crippen molar-refractivity contribution in [1.82, 2.24) is 4.98 Å². The Bertz CT molecular complexity index is 1180. The molecule has 0 amide bonds. The number of rotatable bonds is 8. The fourth-order valence-electron chi connectivity index (χ4n) is 3.33. The first-order chi connectivity index (χ1) is 15.2. The number of methoxy groups -OCH3 is 1. The smallest absolute Gasteiger partial charge is 0.148 e. The molecule has 1 aromatic heterocycles. The number of aromatic nitrogens is 1. The van der Waals surface area contributed by atoms with Gasteiger partial charge < -0.3 is 19.1 Å². The van der Waals surface area contributed by atoms with Gasteiger partial charge in [0, 0.05) is 36.5 Å². The van der Waals surface area contributed by atoms with Gasteiger partial charge >= 0.3 is 0 Å². The van der Waals surface area contributed by atoms with E-state index in [2.05, 4.69) is 16.1 Å². The van der Waals surface area contributed by atoms with Gasteiger partial charge in [-0.05, 0) is 36.8 Å². The summed E-state index contributed by atoms with van der Waals surface area (Å²) < 4.78 is 30.5. The molecule has 2 heterocycles. The van der Waals surface area contributed by atoms with E-state index in [0.717, 1.165) is 27.6 Å². The van der Waals surface area contributed by atoms with E-state index in [1.54, 1.807) is 19.4 Å². The molecule has 4 rings (SSSR count). The summed E-state index contributed by atoms with van der Waals surface area (Å²) in [7, 11) is 1.65. The fraction of sp³-hybridized carbons (Fsp3) is 0.250. The Morgan fingerprint density at radius 1 is 1.06 bits per heavy atom. The van der Waals surface area contributed by atoms with E-state index in [4.69, 9.17) is 19.2 Å². The molecule has 0 atom stereocenters. The Hall–Kier alpha value is -3.45. The number of ether oxygens (including phenoxy) is 3. The third-order valence-electron chi connectivity index (χ3n) is 4.95. The maximum Gasteiger partial charge on any atom is 0.148 e. The highest BCUT2D eigenvalue weighted by molar-refractivity contribution is 5.65. The third-order valence-corrected chi connectivity index (χ3v) is 4.95. The molecule has 0 spiro atoms. The first-order valence-electron chi connectivity index (χ1n) is 10.0. The molecular weight excluding hydrogens is 397 g/mol. The highest BCUT2D eigenvalue weighted by Gasteiger charge is 2.13. The second kappa shape index (κ2) is 9.57. The predicted octanol–water partition coefficient (Wildman–Crippen LogP) is 2.97. The SMILES string of the molecule is COCCOc1cccc2c1=NCN(c1cc(OCc3ncccc3F)ccc1C)C=2. The molecule has 1 aliphatic rings. The quantitative estimate of drug-likeness (QED) is 0.524.